The fourth-order valence-corrected chi connectivity index (χ4v) is 2.62. The molecule has 0 fully saturated rings. The van der Waals surface area contributed by atoms with Gasteiger partial charge in [0.15, 0.2) is 0 Å². The maximum atomic E-state index is 11.0. The molecule has 1 aromatic rings. The molecule has 0 aromatic heterocycles. The number of rotatable bonds is 3. The van der Waals surface area contributed by atoms with Gasteiger partial charge in [-0.1, -0.05) is 32.0 Å². The summed E-state index contributed by atoms with van der Waals surface area (Å²) >= 11 is 0. The molecule has 2 unspecified atom stereocenters. The number of carbonyl (C=O) groups is 1. The lowest BCUT2D eigenvalue weighted by Crippen LogP contribution is -2.17. The Labute approximate surface area is 96.3 Å². The van der Waals surface area contributed by atoms with Crippen LogP contribution in [0.3, 0.4) is 0 Å². The first-order valence-electron chi connectivity index (χ1n) is 5.98. The molecule has 1 N–H and O–H groups in total. The van der Waals surface area contributed by atoms with Crippen LogP contribution >= 0.6 is 0 Å². The van der Waals surface area contributed by atoms with Crippen LogP contribution in [-0.4, -0.2) is 11.1 Å². The highest BCUT2D eigenvalue weighted by Gasteiger charge is 2.30. The van der Waals surface area contributed by atoms with E-state index in [4.69, 9.17) is 5.11 Å². The molecule has 0 aliphatic heterocycles. The third-order valence-electron chi connectivity index (χ3n) is 3.73. The van der Waals surface area contributed by atoms with E-state index in [9.17, 15) is 4.79 Å². The molecule has 1 aromatic carbocycles. The van der Waals surface area contributed by atoms with Crippen molar-refractivity contribution in [3.05, 3.63) is 34.9 Å². The molecule has 2 nitrogen and oxygen atoms in total. The Bertz CT molecular complexity index is 409. The number of carboxylic acid groups (broad SMARTS) is 1. The van der Waals surface area contributed by atoms with Gasteiger partial charge in [-0.15, -0.1) is 0 Å². The quantitative estimate of drug-likeness (QED) is 0.846. The molecule has 0 saturated carbocycles. The molecule has 2 atom stereocenters. The number of fused-ring (bicyclic) bond motifs is 1. The number of aliphatic carboxylic acids is 1. The second-order valence-electron chi connectivity index (χ2n) is 4.66. The Morgan fingerprint density at radius 2 is 2.31 bits per heavy atom. The van der Waals surface area contributed by atoms with Crippen LogP contribution in [0.1, 0.15) is 42.9 Å². The van der Waals surface area contributed by atoms with Crippen molar-refractivity contribution in [2.75, 3.05) is 0 Å². The van der Waals surface area contributed by atoms with Crippen molar-refractivity contribution in [2.45, 2.75) is 39.0 Å². The van der Waals surface area contributed by atoms with Crippen LogP contribution in [0.4, 0.5) is 0 Å². The predicted molar refractivity (Wildman–Crippen MR) is 63.7 cm³/mol. The summed E-state index contributed by atoms with van der Waals surface area (Å²) in [6.07, 6.45) is 3.06. The van der Waals surface area contributed by atoms with Crippen LogP contribution in [0.15, 0.2) is 18.2 Å². The van der Waals surface area contributed by atoms with Crippen molar-refractivity contribution < 1.29 is 9.90 Å². The Hall–Kier alpha value is -1.31. The van der Waals surface area contributed by atoms with Crippen molar-refractivity contribution >= 4 is 5.97 Å². The SMILES string of the molecule is CCc1ccc2c(c1)CCC2C(C)C(=O)O. The molecule has 86 valence electrons. The van der Waals surface area contributed by atoms with E-state index < -0.39 is 5.97 Å². The zero-order valence-electron chi connectivity index (χ0n) is 9.86. The van der Waals surface area contributed by atoms with E-state index >= 15 is 0 Å². The summed E-state index contributed by atoms with van der Waals surface area (Å²) in [5.74, 6) is -0.746. The highest BCUT2D eigenvalue weighted by Crippen LogP contribution is 2.38. The largest absolute Gasteiger partial charge is 0.481 e. The Balaban J connectivity index is 2.30. The third-order valence-corrected chi connectivity index (χ3v) is 3.73. The number of carboxylic acids is 1. The van der Waals surface area contributed by atoms with Crippen molar-refractivity contribution in [3.63, 3.8) is 0 Å². The highest BCUT2D eigenvalue weighted by molar-refractivity contribution is 5.71. The summed E-state index contributed by atoms with van der Waals surface area (Å²) in [5.41, 5.74) is 3.96. The van der Waals surface area contributed by atoms with Gasteiger partial charge in [-0.3, -0.25) is 4.79 Å². The fourth-order valence-electron chi connectivity index (χ4n) is 2.62. The van der Waals surface area contributed by atoms with E-state index in [1.54, 1.807) is 0 Å². The smallest absolute Gasteiger partial charge is 0.306 e. The highest BCUT2D eigenvalue weighted by atomic mass is 16.4. The third kappa shape index (κ3) is 1.84. The zero-order chi connectivity index (χ0) is 11.7. The van der Waals surface area contributed by atoms with E-state index in [-0.39, 0.29) is 11.8 Å². The summed E-state index contributed by atoms with van der Waals surface area (Å²) in [6.45, 7) is 3.96. The molecule has 0 amide bonds. The first-order valence-corrected chi connectivity index (χ1v) is 5.98. The van der Waals surface area contributed by atoms with Gasteiger partial charge in [-0.25, -0.2) is 0 Å². The van der Waals surface area contributed by atoms with Gasteiger partial charge in [0.2, 0.25) is 0 Å². The molecule has 0 spiro atoms. The molecule has 1 aliphatic carbocycles. The van der Waals surface area contributed by atoms with E-state index in [0.717, 1.165) is 19.3 Å². The van der Waals surface area contributed by atoms with Crippen molar-refractivity contribution in [2.24, 2.45) is 5.92 Å². The van der Waals surface area contributed by atoms with E-state index in [2.05, 4.69) is 25.1 Å². The molecule has 0 saturated heterocycles. The van der Waals surface area contributed by atoms with Crippen LogP contribution in [0.5, 0.6) is 0 Å². The van der Waals surface area contributed by atoms with Gasteiger partial charge < -0.3 is 5.11 Å². The molecule has 0 radical (unpaired) electrons. The average Bonchev–Trinajstić information content (AvgIpc) is 2.70. The number of hydrogen-bond acceptors (Lipinski definition) is 1. The Morgan fingerprint density at radius 3 is 2.94 bits per heavy atom. The van der Waals surface area contributed by atoms with Crippen molar-refractivity contribution in [1.82, 2.24) is 0 Å². The number of aryl methyl sites for hydroxylation is 2. The van der Waals surface area contributed by atoms with Gasteiger partial charge in [0, 0.05) is 0 Å². The number of hydrogen-bond donors (Lipinski definition) is 1. The first-order chi connectivity index (χ1) is 7.63. The van der Waals surface area contributed by atoms with Crippen LogP contribution in [-0.2, 0) is 17.6 Å². The van der Waals surface area contributed by atoms with Crippen molar-refractivity contribution in [3.8, 4) is 0 Å². The van der Waals surface area contributed by atoms with E-state index in [0.29, 0.717) is 0 Å². The van der Waals surface area contributed by atoms with Crippen LogP contribution in [0.2, 0.25) is 0 Å². The summed E-state index contributed by atoms with van der Waals surface area (Å²) in [5, 5.41) is 9.07. The van der Waals surface area contributed by atoms with E-state index in [1.165, 1.54) is 16.7 Å². The van der Waals surface area contributed by atoms with E-state index in [1.807, 2.05) is 6.92 Å². The standard InChI is InChI=1S/C14H18O2/c1-3-10-4-6-13-11(8-10)5-7-12(13)9(2)14(15)16/h4,6,8-9,12H,3,5,7H2,1-2H3,(H,15,16). The minimum atomic E-state index is -0.683. The Kier molecular flexibility index (Phi) is 2.99. The minimum Gasteiger partial charge on any atom is -0.481 e. The van der Waals surface area contributed by atoms with Crippen LogP contribution in [0, 0.1) is 5.92 Å². The molecule has 2 heteroatoms. The lowest BCUT2D eigenvalue weighted by molar-refractivity contribution is -0.141. The summed E-state index contributed by atoms with van der Waals surface area (Å²) < 4.78 is 0. The Morgan fingerprint density at radius 1 is 1.56 bits per heavy atom. The van der Waals surface area contributed by atoms with Crippen LogP contribution in [0.25, 0.3) is 0 Å². The van der Waals surface area contributed by atoms with Gasteiger partial charge >= 0.3 is 5.97 Å². The van der Waals surface area contributed by atoms with Gasteiger partial charge in [-0.05, 0) is 41.9 Å². The minimum absolute atomic E-state index is 0.207. The summed E-state index contributed by atoms with van der Waals surface area (Å²) in [7, 11) is 0. The molecular weight excluding hydrogens is 200 g/mol. The second-order valence-corrected chi connectivity index (χ2v) is 4.66. The van der Waals surface area contributed by atoms with Crippen LogP contribution < -0.4 is 0 Å². The average molecular weight is 218 g/mol. The zero-order valence-corrected chi connectivity index (χ0v) is 9.86. The predicted octanol–water partition coefficient (Wildman–Crippen LogP) is 3.00. The molecule has 0 heterocycles. The molecular formula is C14H18O2. The lowest BCUT2D eigenvalue weighted by Gasteiger charge is -2.16. The lowest BCUT2D eigenvalue weighted by atomic mass is 9.88. The summed E-state index contributed by atoms with van der Waals surface area (Å²) in [6, 6.07) is 6.50. The van der Waals surface area contributed by atoms with Crippen molar-refractivity contribution in [1.29, 1.82) is 0 Å². The fraction of sp³-hybridized carbons (Fsp3) is 0.500. The molecule has 0 bridgehead atoms. The normalized spacial score (nSPS) is 20.5. The van der Waals surface area contributed by atoms with Gasteiger partial charge in [0.05, 0.1) is 5.92 Å². The van der Waals surface area contributed by atoms with Gasteiger partial charge in [-0.2, -0.15) is 0 Å². The first kappa shape index (κ1) is 11.2. The second kappa shape index (κ2) is 4.28. The summed E-state index contributed by atoms with van der Waals surface area (Å²) in [4.78, 5) is 11.0. The monoisotopic (exact) mass is 218 g/mol. The van der Waals surface area contributed by atoms with Gasteiger partial charge in [0.25, 0.3) is 0 Å². The topological polar surface area (TPSA) is 37.3 Å². The number of benzene rings is 1. The maximum absolute atomic E-state index is 11.0. The molecule has 1 aliphatic rings. The molecule has 16 heavy (non-hydrogen) atoms. The molecule has 2 rings (SSSR count). The maximum Gasteiger partial charge on any atom is 0.306 e. The van der Waals surface area contributed by atoms with Gasteiger partial charge in [0.1, 0.15) is 0 Å².